The summed E-state index contributed by atoms with van der Waals surface area (Å²) in [6, 6.07) is 0. The highest BCUT2D eigenvalue weighted by Gasteiger charge is 2.25. The molecular formula is C19H29N3O4. The van der Waals surface area contributed by atoms with Crippen LogP contribution in [0.25, 0.3) is 0 Å². The first-order chi connectivity index (χ1) is 12.5. The first-order valence-corrected chi connectivity index (χ1v) is 9.35. The number of nitrogens with one attached hydrogen (secondary N) is 2. The van der Waals surface area contributed by atoms with Gasteiger partial charge in [-0.3, -0.25) is 9.59 Å². The van der Waals surface area contributed by atoms with Crippen LogP contribution in [0.3, 0.4) is 0 Å². The van der Waals surface area contributed by atoms with E-state index in [9.17, 15) is 14.4 Å². The van der Waals surface area contributed by atoms with Gasteiger partial charge in [-0.15, -0.1) is 0 Å². The number of aryl methyl sites for hydroxylation is 1. The molecule has 26 heavy (non-hydrogen) atoms. The van der Waals surface area contributed by atoms with E-state index in [4.69, 9.17) is 4.74 Å². The van der Waals surface area contributed by atoms with E-state index in [1.807, 2.05) is 11.8 Å². The van der Waals surface area contributed by atoms with E-state index in [0.717, 1.165) is 32.2 Å². The Balaban J connectivity index is 2.04. The van der Waals surface area contributed by atoms with Gasteiger partial charge in [0.15, 0.2) is 0 Å². The maximum Gasteiger partial charge on any atom is 0.339 e. The number of ether oxygens (including phenoxy) is 1. The molecule has 0 aliphatic carbocycles. The highest BCUT2D eigenvalue weighted by Crippen LogP contribution is 2.21. The van der Waals surface area contributed by atoms with E-state index in [1.54, 1.807) is 6.92 Å². The molecule has 0 aromatic carbocycles. The predicted molar refractivity (Wildman–Crippen MR) is 98.2 cm³/mol. The van der Waals surface area contributed by atoms with Crippen LogP contribution in [-0.2, 0) is 16.0 Å². The van der Waals surface area contributed by atoms with Gasteiger partial charge < -0.3 is 19.9 Å². The number of hydrogen-bond acceptors (Lipinski definition) is 4. The molecule has 0 atom stereocenters. The van der Waals surface area contributed by atoms with E-state index in [2.05, 4.69) is 10.3 Å². The lowest BCUT2D eigenvalue weighted by molar-refractivity contribution is -0.130. The molecule has 0 saturated carbocycles. The molecule has 0 radical (unpaired) electrons. The van der Waals surface area contributed by atoms with Gasteiger partial charge in [-0.25, -0.2) is 4.79 Å². The zero-order valence-corrected chi connectivity index (χ0v) is 15.9. The Kier molecular flexibility index (Phi) is 7.24. The Morgan fingerprint density at radius 2 is 2.04 bits per heavy atom. The van der Waals surface area contributed by atoms with Crippen molar-refractivity contribution in [3.63, 3.8) is 0 Å². The number of H-pyrrole nitrogens is 1. The Labute approximate surface area is 154 Å². The Hall–Kier alpha value is -2.31. The van der Waals surface area contributed by atoms with Gasteiger partial charge >= 0.3 is 5.97 Å². The SMILES string of the molecule is CCCc1c(C(=O)NCCN2CCCCCC2=O)[nH]c(C)c1C(=O)OC. The van der Waals surface area contributed by atoms with Gasteiger partial charge in [-0.05, 0) is 31.7 Å². The Morgan fingerprint density at radius 1 is 1.27 bits per heavy atom. The van der Waals surface area contributed by atoms with E-state index in [1.165, 1.54) is 7.11 Å². The Morgan fingerprint density at radius 3 is 2.73 bits per heavy atom. The lowest BCUT2D eigenvalue weighted by Crippen LogP contribution is -2.38. The van der Waals surface area contributed by atoms with Crippen molar-refractivity contribution in [3.8, 4) is 0 Å². The van der Waals surface area contributed by atoms with Crippen LogP contribution in [0.4, 0.5) is 0 Å². The highest BCUT2D eigenvalue weighted by atomic mass is 16.5. The van der Waals surface area contributed by atoms with Crippen molar-refractivity contribution in [2.24, 2.45) is 0 Å². The predicted octanol–water partition coefficient (Wildman–Crippen LogP) is 2.19. The van der Waals surface area contributed by atoms with Crippen molar-refractivity contribution < 1.29 is 19.1 Å². The number of carbonyl (C=O) groups excluding carboxylic acids is 3. The van der Waals surface area contributed by atoms with Gasteiger partial charge in [-0.1, -0.05) is 19.8 Å². The third kappa shape index (κ3) is 4.65. The second-order valence-electron chi connectivity index (χ2n) is 6.67. The molecule has 0 bridgehead atoms. The summed E-state index contributed by atoms with van der Waals surface area (Å²) in [6.45, 7) is 5.41. The number of likely N-dealkylation sites (tertiary alicyclic amines) is 1. The second-order valence-corrected chi connectivity index (χ2v) is 6.67. The summed E-state index contributed by atoms with van der Waals surface area (Å²) >= 11 is 0. The summed E-state index contributed by atoms with van der Waals surface area (Å²) in [6.07, 6.45) is 5.05. The van der Waals surface area contributed by atoms with Gasteiger partial charge in [-0.2, -0.15) is 0 Å². The van der Waals surface area contributed by atoms with Crippen LogP contribution in [-0.4, -0.2) is 54.4 Å². The molecule has 1 aliphatic heterocycles. The van der Waals surface area contributed by atoms with Crippen LogP contribution in [0.2, 0.25) is 0 Å². The molecule has 2 rings (SSSR count). The average molecular weight is 363 g/mol. The van der Waals surface area contributed by atoms with Crippen LogP contribution < -0.4 is 5.32 Å². The van der Waals surface area contributed by atoms with Crippen LogP contribution >= 0.6 is 0 Å². The minimum Gasteiger partial charge on any atom is -0.465 e. The summed E-state index contributed by atoms with van der Waals surface area (Å²) in [5.74, 6) is -0.530. The van der Waals surface area contributed by atoms with Gasteiger partial charge in [0.05, 0.1) is 12.7 Å². The molecule has 2 amide bonds. The van der Waals surface area contributed by atoms with Crippen molar-refractivity contribution in [2.75, 3.05) is 26.7 Å². The molecule has 0 unspecified atom stereocenters. The molecule has 1 aliphatic rings. The molecule has 144 valence electrons. The zero-order chi connectivity index (χ0) is 19.1. The number of hydrogen-bond donors (Lipinski definition) is 2. The average Bonchev–Trinajstić information content (AvgIpc) is 2.80. The molecule has 7 nitrogen and oxygen atoms in total. The van der Waals surface area contributed by atoms with Gasteiger partial charge in [0.1, 0.15) is 5.69 Å². The molecule has 0 spiro atoms. The Bertz CT molecular complexity index is 666. The minimum absolute atomic E-state index is 0.159. The lowest BCUT2D eigenvalue weighted by Gasteiger charge is -2.20. The molecule has 1 aromatic heterocycles. The van der Waals surface area contributed by atoms with Crippen molar-refractivity contribution in [2.45, 2.75) is 52.4 Å². The molecule has 2 N–H and O–H groups in total. The van der Waals surface area contributed by atoms with Crippen LogP contribution in [0.15, 0.2) is 0 Å². The van der Waals surface area contributed by atoms with Crippen molar-refractivity contribution >= 4 is 17.8 Å². The topological polar surface area (TPSA) is 91.5 Å². The van der Waals surface area contributed by atoms with Gasteiger partial charge in [0.2, 0.25) is 5.91 Å². The van der Waals surface area contributed by atoms with Crippen LogP contribution in [0, 0.1) is 6.92 Å². The summed E-state index contributed by atoms with van der Waals surface area (Å²) in [7, 11) is 1.34. The number of amides is 2. The maximum absolute atomic E-state index is 12.6. The van der Waals surface area contributed by atoms with Gasteiger partial charge in [0, 0.05) is 31.7 Å². The monoisotopic (exact) mass is 363 g/mol. The quantitative estimate of drug-likeness (QED) is 0.727. The molecular weight excluding hydrogens is 334 g/mol. The number of carbonyl (C=O) groups is 3. The third-order valence-electron chi connectivity index (χ3n) is 4.75. The third-order valence-corrected chi connectivity index (χ3v) is 4.75. The molecule has 7 heteroatoms. The first-order valence-electron chi connectivity index (χ1n) is 9.35. The molecule has 1 saturated heterocycles. The number of nitrogens with zero attached hydrogens (tertiary/aromatic N) is 1. The number of methoxy groups -OCH3 is 1. The number of rotatable bonds is 7. The van der Waals surface area contributed by atoms with Crippen molar-refractivity contribution in [1.82, 2.24) is 15.2 Å². The number of aromatic nitrogens is 1. The largest absolute Gasteiger partial charge is 0.465 e. The summed E-state index contributed by atoms with van der Waals surface area (Å²) in [5.41, 5.74) is 2.18. The normalized spacial score (nSPS) is 14.9. The van der Waals surface area contributed by atoms with Crippen molar-refractivity contribution in [3.05, 3.63) is 22.5 Å². The zero-order valence-electron chi connectivity index (χ0n) is 15.9. The van der Waals surface area contributed by atoms with E-state index < -0.39 is 5.97 Å². The standard InChI is InChI=1S/C19H29N3O4/c1-4-8-14-16(19(25)26-3)13(2)21-17(14)18(24)20-10-12-22-11-7-5-6-9-15(22)23/h21H,4-12H2,1-3H3,(H,20,24). The van der Waals surface area contributed by atoms with E-state index in [0.29, 0.717) is 48.4 Å². The first kappa shape index (κ1) is 20.0. The number of aromatic amines is 1. The van der Waals surface area contributed by atoms with Crippen LogP contribution in [0.1, 0.15) is 71.1 Å². The fourth-order valence-corrected chi connectivity index (χ4v) is 3.42. The van der Waals surface area contributed by atoms with Gasteiger partial charge in [0.25, 0.3) is 5.91 Å². The fraction of sp³-hybridized carbons (Fsp3) is 0.632. The lowest BCUT2D eigenvalue weighted by atomic mass is 10.0. The minimum atomic E-state index is -0.434. The summed E-state index contributed by atoms with van der Waals surface area (Å²) in [4.78, 5) is 41.5. The molecule has 1 fully saturated rings. The second kappa shape index (κ2) is 9.40. The highest BCUT2D eigenvalue weighted by molar-refractivity contribution is 6.00. The van der Waals surface area contributed by atoms with Crippen molar-refractivity contribution in [1.29, 1.82) is 0 Å². The fourth-order valence-electron chi connectivity index (χ4n) is 3.42. The van der Waals surface area contributed by atoms with Crippen LogP contribution in [0.5, 0.6) is 0 Å². The van der Waals surface area contributed by atoms with E-state index in [-0.39, 0.29) is 11.8 Å². The van der Waals surface area contributed by atoms with E-state index >= 15 is 0 Å². The number of esters is 1. The molecule has 2 heterocycles. The summed E-state index contributed by atoms with van der Waals surface area (Å²) in [5, 5.41) is 2.87. The summed E-state index contributed by atoms with van der Waals surface area (Å²) < 4.78 is 4.85. The maximum atomic E-state index is 12.6. The smallest absolute Gasteiger partial charge is 0.339 e. The molecule has 1 aromatic rings.